The molecule has 0 spiro atoms. The maximum atomic E-state index is 13.3. The average Bonchev–Trinajstić information content (AvgIpc) is 3.03. The van der Waals surface area contributed by atoms with Crippen LogP contribution in [0.5, 0.6) is 0 Å². The number of nitrogens with one attached hydrogen (secondary N) is 1. The fraction of sp³-hybridized carbons (Fsp3) is 0.524. The van der Waals surface area contributed by atoms with Crippen molar-refractivity contribution in [2.75, 3.05) is 25.1 Å². The molecule has 2 aliphatic rings. The van der Waals surface area contributed by atoms with Crippen LogP contribution in [0.15, 0.2) is 24.3 Å². The minimum absolute atomic E-state index is 0.0890. The quantitative estimate of drug-likeness (QED) is 0.805. The largest absolute Gasteiger partial charge is 0.333 e. The lowest BCUT2D eigenvalue weighted by Gasteiger charge is -2.29. The third kappa shape index (κ3) is 3.78. The number of nitrogens with zero attached hydrogens (tertiary/aromatic N) is 3. The summed E-state index contributed by atoms with van der Waals surface area (Å²) in [5.41, 5.74) is 5.69. The van der Waals surface area contributed by atoms with Crippen molar-refractivity contribution >= 4 is 17.7 Å². The lowest BCUT2D eigenvalue weighted by atomic mass is 9.91. The SMILES string of the molecule is CSCCNC1CCc2c(c(C(=O)N3CCc4ccccc4C3)nn2C)C1. The van der Waals surface area contributed by atoms with E-state index in [0.717, 1.165) is 50.1 Å². The number of thioether (sulfide) groups is 1. The van der Waals surface area contributed by atoms with Gasteiger partial charge in [-0.15, -0.1) is 0 Å². The molecule has 0 radical (unpaired) electrons. The lowest BCUT2D eigenvalue weighted by Crippen LogP contribution is -2.38. The van der Waals surface area contributed by atoms with E-state index in [4.69, 9.17) is 0 Å². The van der Waals surface area contributed by atoms with E-state index in [2.05, 4.69) is 40.9 Å². The zero-order chi connectivity index (χ0) is 18.8. The van der Waals surface area contributed by atoms with Crippen LogP contribution in [0, 0.1) is 0 Å². The molecule has 1 N–H and O–H groups in total. The number of aromatic nitrogens is 2. The van der Waals surface area contributed by atoms with Gasteiger partial charge in [0.15, 0.2) is 5.69 Å². The molecule has 1 aromatic carbocycles. The number of amides is 1. The summed E-state index contributed by atoms with van der Waals surface area (Å²) in [5, 5.41) is 8.30. The molecule has 1 unspecified atom stereocenters. The average molecular weight is 385 g/mol. The number of hydrogen-bond donors (Lipinski definition) is 1. The maximum absolute atomic E-state index is 13.3. The number of rotatable bonds is 5. The Kier molecular flexibility index (Phi) is 5.55. The summed E-state index contributed by atoms with van der Waals surface area (Å²) in [6.07, 6.45) is 6.08. The standard InChI is InChI=1S/C21H28N4OS/c1-24-19-8-7-17(22-10-12-27-2)13-18(19)20(23-24)21(26)25-11-9-15-5-3-4-6-16(15)14-25/h3-6,17,22H,7-14H2,1-2H3. The highest BCUT2D eigenvalue weighted by atomic mass is 32.2. The first-order chi connectivity index (χ1) is 13.2. The van der Waals surface area contributed by atoms with E-state index in [1.807, 2.05) is 28.4 Å². The maximum Gasteiger partial charge on any atom is 0.274 e. The Morgan fingerprint density at radius 3 is 2.93 bits per heavy atom. The monoisotopic (exact) mass is 384 g/mol. The molecule has 4 rings (SSSR count). The highest BCUT2D eigenvalue weighted by Crippen LogP contribution is 2.27. The zero-order valence-corrected chi connectivity index (χ0v) is 17.0. The molecule has 0 bridgehead atoms. The van der Waals surface area contributed by atoms with Crippen molar-refractivity contribution in [1.82, 2.24) is 20.0 Å². The molecule has 2 heterocycles. The van der Waals surface area contributed by atoms with Gasteiger partial charge < -0.3 is 10.2 Å². The van der Waals surface area contributed by atoms with Gasteiger partial charge in [0.1, 0.15) is 0 Å². The molecule has 1 atom stereocenters. The molecule has 144 valence electrons. The van der Waals surface area contributed by atoms with Crippen molar-refractivity contribution in [1.29, 1.82) is 0 Å². The van der Waals surface area contributed by atoms with E-state index in [-0.39, 0.29) is 5.91 Å². The Balaban J connectivity index is 1.52. The fourth-order valence-electron chi connectivity index (χ4n) is 4.32. The summed E-state index contributed by atoms with van der Waals surface area (Å²) >= 11 is 1.86. The summed E-state index contributed by atoms with van der Waals surface area (Å²) in [6, 6.07) is 8.89. The van der Waals surface area contributed by atoms with Crippen molar-refractivity contribution in [2.24, 2.45) is 7.05 Å². The molecular weight excluding hydrogens is 356 g/mol. The topological polar surface area (TPSA) is 50.2 Å². The van der Waals surface area contributed by atoms with Crippen LogP contribution in [-0.4, -0.2) is 51.7 Å². The molecular formula is C21H28N4OS. The van der Waals surface area contributed by atoms with Gasteiger partial charge in [-0.1, -0.05) is 24.3 Å². The van der Waals surface area contributed by atoms with Crippen molar-refractivity contribution in [3.63, 3.8) is 0 Å². The van der Waals surface area contributed by atoms with Gasteiger partial charge in [0, 0.05) is 49.7 Å². The van der Waals surface area contributed by atoms with Crippen LogP contribution in [0.25, 0.3) is 0 Å². The van der Waals surface area contributed by atoms with E-state index >= 15 is 0 Å². The Morgan fingerprint density at radius 1 is 1.30 bits per heavy atom. The summed E-state index contributed by atoms with van der Waals surface area (Å²) < 4.78 is 1.93. The Bertz CT molecular complexity index is 832. The number of benzene rings is 1. The molecule has 1 amide bonds. The fourth-order valence-corrected chi connectivity index (χ4v) is 4.64. The number of carbonyl (C=O) groups excluding carboxylic acids is 1. The normalized spacial score (nSPS) is 18.9. The van der Waals surface area contributed by atoms with E-state index in [1.54, 1.807) is 0 Å². The molecule has 0 saturated carbocycles. The summed E-state index contributed by atoms with van der Waals surface area (Å²) in [6.45, 7) is 2.49. The number of hydrogen-bond acceptors (Lipinski definition) is 4. The summed E-state index contributed by atoms with van der Waals surface area (Å²) in [4.78, 5) is 15.3. The minimum Gasteiger partial charge on any atom is -0.333 e. The number of fused-ring (bicyclic) bond motifs is 2. The third-order valence-electron chi connectivity index (χ3n) is 5.81. The molecule has 2 aromatic rings. The van der Waals surface area contributed by atoms with Crippen molar-refractivity contribution < 1.29 is 4.79 Å². The molecule has 5 nitrogen and oxygen atoms in total. The van der Waals surface area contributed by atoms with Gasteiger partial charge in [-0.2, -0.15) is 16.9 Å². The van der Waals surface area contributed by atoms with E-state index in [1.165, 1.54) is 16.8 Å². The molecule has 1 aliphatic carbocycles. The Morgan fingerprint density at radius 2 is 2.11 bits per heavy atom. The van der Waals surface area contributed by atoms with E-state index in [0.29, 0.717) is 18.3 Å². The van der Waals surface area contributed by atoms with Crippen molar-refractivity contribution in [3.8, 4) is 0 Å². The third-order valence-corrected chi connectivity index (χ3v) is 6.43. The van der Waals surface area contributed by atoms with Crippen LogP contribution >= 0.6 is 11.8 Å². The molecule has 1 aliphatic heterocycles. The molecule has 27 heavy (non-hydrogen) atoms. The number of carbonyl (C=O) groups is 1. The van der Waals surface area contributed by atoms with Gasteiger partial charge in [0.2, 0.25) is 0 Å². The first-order valence-electron chi connectivity index (χ1n) is 9.80. The van der Waals surface area contributed by atoms with Crippen LogP contribution in [0.1, 0.15) is 39.3 Å². The Hall–Kier alpha value is -1.79. The highest BCUT2D eigenvalue weighted by molar-refractivity contribution is 7.98. The van der Waals surface area contributed by atoms with Crippen LogP contribution in [0.4, 0.5) is 0 Å². The van der Waals surface area contributed by atoms with Crippen LogP contribution in [0.3, 0.4) is 0 Å². The second-order valence-corrected chi connectivity index (χ2v) is 8.52. The van der Waals surface area contributed by atoms with Gasteiger partial charge in [-0.25, -0.2) is 0 Å². The van der Waals surface area contributed by atoms with Crippen LogP contribution in [-0.2, 0) is 32.9 Å². The summed E-state index contributed by atoms with van der Waals surface area (Å²) in [5.74, 6) is 1.21. The van der Waals surface area contributed by atoms with Gasteiger partial charge >= 0.3 is 0 Å². The van der Waals surface area contributed by atoms with Crippen molar-refractivity contribution in [2.45, 2.75) is 38.3 Å². The zero-order valence-electron chi connectivity index (χ0n) is 16.2. The smallest absolute Gasteiger partial charge is 0.274 e. The first-order valence-corrected chi connectivity index (χ1v) is 11.2. The predicted octanol–water partition coefficient (Wildman–Crippen LogP) is 2.43. The second-order valence-electron chi connectivity index (χ2n) is 7.53. The molecule has 0 saturated heterocycles. The molecule has 0 fully saturated rings. The first kappa shape index (κ1) is 18.6. The predicted molar refractivity (Wildman–Crippen MR) is 110 cm³/mol. The molecule has 1 aromatic heterocycles. The van der Waals surface area contributed by atoms with Gasteiger partial charge in [-0.3, -0.25) is 9.48 Å². The van der Waals surface area contributed by atoms with E-state index in [9.17, 15) is 4.79 Å². The van der Waals surface area contributed by atoms with Crippen molar-refractivity contribution in [3.05, 3.63) is 52.3 Å². The van der Waals surface area contributed by atoms with Crippen LogP contribution in [0.2, 0.25) is 0 Å². The lowest BCUT2D eigenvalue weighted by molar-refractivity contribution is 0.0726. The van der Waals surface area contributed by atoms with Gasteiger partial charge in [-0.05, 0) is 43.1 Å². The molecule has 6 heteroatoms. The summed E-state index contributed by atoms with van der Waals surface area (Å²) in [7, 11) is 1.97. The Labute approximate surface area is 165 Å². The minimum atomic E-state index is 0.0890. The number of aryl methyl sites for hydroxylation is 1. The second kappa shape index (κ2) is 8.07. The highest BCUT2D eigenvalue weighted by Gasteiger charge is 2.31. The van der Waals surface area contributed by atoms with Gasteiger partial charge in [0.05, 0.1) is 0 Å². The van der Waals surface area contributed by atoms with E-state index < -0.39 is 0 Å². The van der Waals surface area contributed by atoms with Gasteiger partial charge in [0.25, 0.3) is 5.91 Å². The van der Waals surface area contributed by atoms with Crippen LogP contribution < -0.4 is 5.32 Å².